The van der Waals surface area contributed by atoms with Gasteiger partial charge in [0.15, 0.2) is 11.6 Å². The summed E-state index contributed by atoms with van der Waals surface area (Å²) in [4.78, 5) is 23.8. The summed E-state index contributed by atoms with van der Waals surface area (Å²) in [5.74, 6) is -0.759. The number of carbonyl (C=O) groups excluding carboxylic acids is 2. The molecule has 0 spiro atoms. The highest BCUT2D eigenvalue weighted by molar-refractivity contribution is 6.34. The van der Waals surface area contributed by atoms with E-state index in [0.29, 0.717) is 16.1 Å². The fourth-order valence-electron chi connectivity index (χ4n) is 1.83. The molecule has 0 atom stereocenters. The smallest absolute Gasteiger partial charge is 0.164 e. The van der Waals surface area contributed by atoms with Crippen molar-refractivity contribution in [1.82, 2.24) is 0 Å². The van der Waals surface area contributed by atoms with Gasteiger partial charge in [0.1, 0.15) is 5.82 Å². The van der Waals surface area contributed by atoms with Crippen molar-refractivity contribution >= 4 is 23.2 Å². The van der Waals surface area contributed by atoms with Crippen LogP contribution in [0.4, 0.5) is 4.39 Å². The molecule has 0 fully saturated rings. The summed E-state index contributed by atoms with van der Waals surface area (Å²) >= 11 is 5.92. The van der Waals surface area contributed by atoms with Crippen LogP contribution in [0.5, 0.6) is 0 Å². The molecule has 20 heavy (non-hydrogen) atoms. The van der Waals surface area contributed by atoms with Crippen LogP contribution in [0.25, 0.3) is 0 Å². The zero-order valence-corrected chi connectivity index (χ0v) is 11.4. The van der Waals surface area contributed by atoms with Gasteiger partial charge in [-0.25, -0.2) is 4.39 Å². The van der Waals surface area contributed by atoms with Crippen molar-refractivity contribution in [3.8, 4) is 0 Å². The first-order valence-electron chi connectivity index (χ1n) is 6.14. The van der Waals surface area contributed by atoms with Gasteiger partial charge in [-0.1, -0.05) is 23.7 Å². The molecule has 0 saturated heterocycles. The van der Waals surface area contributed by atoms with Gasteiger partial charge in [-0.15, -0.1) is 0 Å². The first-order valence-corrected chi connectivity index (χ1v) is 6.52. The van der Waals surface area contributed by atoms with Crippen LogP contribution in [0.1, 0.15) is 33.6 Å². The largest absolute Gasteiger partial charge is 0.294 e. The highest BCUT2D eigenvalue weighted by Crippen LogP contribution is 2.18. The molecule has 102 valence electrons. The quantitative estimate of drug-likeness (QED) is 0.768. The Labute approximate surface area is 121 Å². The minimum Gasteiger partial charge on any atom is -0.294 e. The van der Waals surface area contributed by atoms with Gasteiger partial charge in [-0.05, 0) is 36.4 Å². The molecular formula is C16H12ClFO2. The second kappa shape index (κ2) is 6.44. The van der Waals surface area contributed by atoms with Gasteiger partial charge in [0.25, 0.3) is 0 Å². The average molecular weight is 291 g/mol. The van der Waals surface area contributed by atoms with E-state index in [2.05, 4.69) is 0 Å². The van der Waals surface area contributed by atoms with Crippen molar-refractivity contribution in [2.45, 2.75) is 12.8 Å². The second-order valence-electron chi connectivity index (χ2n) is 4.33. The normalized spacial score (nSPS) is 10.3. The van der Waals surface area contributed by atoms with E-state index in [9.17, 15) is 14.0 Å². The highest BCUT2D eigenvalue weighted by atomic mass is 35.5. The van der Waals surface area contributed by atoms with E-state index in [-0.39, 0.29) is 24.4 Å². The van der Waals surface area contributed by atoms with Crippen LogP contribution < -0.4 is 0 Å². The Morgan fingerprint density at radius 3 is 2.15 bits per heavy atom. The van der Waals surface area contributed by atoms with Gasteiger partial charge in [0.2, 0.25) is 0 Å². The molecule has 0 N–H and O–H groups in total. The predicted octanol–water partition coefficient (Wildman–Crippen LogP) is 4.32. The first-order chi connectivity index (χ1) is 9.58. The standard InChI is InChI=1S/C16H12ClFO2/c17-14-4-2-1-3-13(14)16(20)10-9-15(19)11-5-7-12(18)8-6-11/h1-8H,9-10H2. The van der Waals surface area contributed by atoms with Gasteiger partial charge in [-0.3, -0.25) is 9.59 Å². The average Bonchev–Trinajstić information content (AvgIpc) is 2.45. The van der Waals surface area contributed by atoms with Crippen LogP contribution >= 0.6 is 11.6 Å². The third-order valence-corrected chi connectivity index (χ3v) is 3.25. The van der Waals surface area contributed by atoms with Crippen LogP contribution in [0.2, 0.25) is 5.02 Å². The predicted molar refractivity (Wildman–Crippen MR) is 75.7 cm³/mol. The monoisotopic (exact) mass is 290 g/mol. The summed E-state index contributed by atoms with van der Waals surface area (Å²) < 4.78 is 12.7. The molecule has 2 nitrogen and oxygen atoms in total. The summed E-state index contributed by atoms with van der Waals surface area (Å²) in [6, 6.07) is 12.0. The molecule has 0 unspecified atom stereocenters. The van der Waals surface area contributed by atoms with E-state index < -0.39 is 5.82 Å². The van der Waals surface area contributed by atoms with E-state index in [1.807, 2.05) is 0 Å². The Morgan fingerprint density at radius 2 is 1.50 bits per heavy atom. The first kappa shape index (κ1) is 14.4. The minimum absolute atomic E-state index is 0.0791. The molecule has 4 heteroatoms. The van der Waals surface area contributed by atoms with Gasteiger partial charge in [0, 0.05) is 24.0 Å². The molecule has 0 aromatic heterocycles. The Morgan fingerprint density at radius 1 is 0.900 bits per heavy atom. The van der Waals surface area contributed by atoms with Crippen LogP contribution in [0.3, 0.4) is 0 Å². The Kier molecular flexibility index (Phi) is 4.64. The van der Waals surface area contributed by atoms with Crippen molar-refractivity contribution < 1.29 is 14.0 Å². The molecular weight excluding hydrogens is 279 g/mol. The van der Waals surface area contributed by atoms with Gasteiger partial charge < -0.3 is 0 Å². The van der Waals surface area contributed by atoms with Crippen LogP contribution in [-0.4, -0.2) is 11.6 Å². The summed E-state index contributed by atoms with van der Waals surface area (Å²) in [5, 5.41) is 0.381. The van der Waals surface area contributed by atoms with Gasteiger partial charge >= 0.3 is 0 Å². The molecule has 2 aromatic rings. The van der Waals surface area contributed by atoms with Crippen LogP contribution in [0, 0.1) is 5.82 Å². The second-order valence-corrected chi connectivity index (χ2v) is 4.74. The molecule has 2 aromatic carbocycles. The Hall–Kier alpha value is -2.00. The maximum Gasteiger partial charge on any atom is 0.164 e. The number of ketones is 2. The minimum atomic E-state index is -0.395. The molecule has 0 bridgehead atoms. The van der Waals surface area contributed by atoms with Gasteiger partial charge in [0.05, 0.1) is 5.02 Å². The van der Waals surface area contributed by atoms with Gasteiger partial charge in [-0.2, -0.15) is 0 Å². The van der Waals surface area contributed by atoms with E-state index in [1.54, 1.807) is 24.3 Å². The lowest BCUT2D eigenvalue weighted by Gasteiger charge is -2.03. The SMILES string of the molecule is O=C(CCC(=O)c1ccccc1Cl)c1ccc(F)cc1. The summed E-state index contributed by atoms with van der Waals surface area (Å²) in [5.41, 5.74) is 0.819. The number of Topliss-reactive ketones (excluding diaryl/α,β-unsaturated/α-hetero) is 2. The fourth-order valence-corrected chi connectivity index (χ4v) is 2.07. The third kappa shape index (κ3) is 3.52. The van der Waals surface area contributed by atoms with Crippen LogP contribution in [-0.2, 0) is 0 Å². The highest BCUT2D eigenvalue weighted by Gasteiger charge is 2.13. The molecule has 0 amide bonds. The van der Waals surface area contributed by atoms with E-state index in [1.165, 1.54) is 24.3 Å². The van der Waals surface area contributed by atoms with Crippen molar-refractivity contribution in [2.24, 2.45) is 0 Å². The third-order valence-electron chi connectivity index (χ3n) is 2.92. The molecule has 0 heterocycles. The lowest BCUT2D eigenvalue weighted by atomic mass is 10.0. The van der Waals surface area contributed by atoms with Crippen LogP contribution in [0.15, 0.2) is 48.5 Å². The number of hydrogen-bond acceptors (Lipinski definition) is 2. The van der Waals surface area contributed by atoms with E-state index in [0.717, 1.165) is 0 Å². The zero-order valence-electron chi connectivity index (χ0n) is 10.6. The Bertz CT molecular complexity index is 635. The van der Waals surface area contributed by atoms with Crippen molar-refractivity contribution in [3.05, 3.63) is 70.5 Å². The summed E-state index contributed by atoms with van der Waals surface area (Å²) in [6.45, 7) is 0. The number of hydrogen-bond donors (Lipinski definition) is 0. The summed E-state index contributed by atoms with van der Waals surface area (Å²) in [7, 11) is 0. The number of benzene rings is 2. The lowest BCUT2D eigenvalue weighted by Crippen LogP contribution is -2.05. The number of halogens is 2. The maximum atomic E-state index is 12.7. The molecule has 0 saturated carbocycles. The molecule has 2 rings (SSSR count). The van der Waals surface area contributed by atoms with Crippen molar-refractivity contribution in [1.29, 1.82) is 0 Å². The van der Waals surface area contributed by atoms with Crippen molar-refractivity contribution in [3.63, 3.8) is 0 Å². The molecule has 0 aliphatic heterocycles. The number of rotatable bonds is 5. The molecule has 0 aliphatic carbocycles. The van der Waals surface area contributed by atoms with E-state index >= 15 is 0 Å². The topological polar surface area (TPSA) is 34.1 Å². The molecule has 0 aliphatic rings. The van der Waals surface area contributed by atoms with Crippen molar-refractivity contribution in [2.75, 3.05) is 0 Å². The molecule has 0 radical (unpaired) electrons. The Balaban J connectivity index is 1.99. The number of carbonyl (C=O) groups is 2. The fraction of sp³-hybridized carbons (Fsp3) is 0.125. The lowest BCUT2D eigenvalue weighted by molar-refractivity contribution is 0.0917. The zero-order chi connectivity index (χ0) is 14.5. The maximum absolute atomic E-state index is 12.7. The van der Waals surface area contributed by atoms with E-state index in [4.69, 9.17) is 11.6 Å². The summed E-state index contributed by atoms with van der Waals surface area (Å²) in [6.07, 6.45) is 0.162.